The lowest BCUT2D eigenvalue weighted by Gasteiger charge is -2.15. The van der Waals surface area contributed by atoms with Gasteiger partial charge in [0.15, 0.2) is 5.78 Å². The highest BCUT2D eigenvalue weighted by molar-refractivity contribution is 6.58. The van der Waals surface area contributed by atoms with Crippen molar-refractivity contribution in [3.8, 4) is 0 Å². The number of amides is 1. The van der Waals surface area contributed by atoms with Crippen molar-refractivity contribution in [3.63, 3.8) is 0 Å². The standard InChI is InChI=1S/C10H10BNO4/c13-9-5-10(14)12(6-9)8-3-1-2-7(4-8)11(15)16/h1-4,15-16H,5-6H2. The highest BCUT2D eigenvalue weighted by Gasteiger charge is 2.28. The number of rotatable bonds is 2. The van der Waals surface area contributed by atoms with Gasteiger partial charge in [-0.1, -0.05) is 12.1 Å². The molecule has 2 rings (SSSR count). The molecule has 1 aromatic carbocycles. The van der Waals surface area contributed by atoms with Gasteiger partial charge in [-0.3, -0.25) is 9.59 Å². The summed E-state index contributed by atoms with van der Waals surface area (Å²) in [5, 5.41) is 18.0. The molecule has 0 spiro atoms. The van der Waals surface area contributed by atoms with Crippen LogP contribution in [0, 0.1) is 0 Å². The zero-order valence-electron chi connectivity index (χ0n) is 8.46. The summed E-state index contributed by atoms with van der Waals surface area (Å²) < 4.78 is 0. The summed E-state index contributed by atoms with van der Waals surface area (Å²) in [5.74, 6) is -0.380. The molecule has 6 heteroatoms. The number of hydrogen-bond donors (Lipinski definition) is 2. The zero-order chi connectivity index (χ0) is 11.7. The summed E-state index contributed by atoms with van der Waals surface area (Å²) in [4.78, 5) is 23.9. The Morgan fingerprint density at radius 2 is 2.00 bits per heavy atom. The van der Waals surface area contributed by atoms with Gasteiger partial charge in [-0.05, 0) is 17.6 Å². The average molecular weight is 219 g/mol. The van der Waals surface area contributed by atoms with Gasteiger partial charge >= 0.3 is 7.12 Å². The van der Waals surface area contributed by atoms with E-state index in [1.54, 1.807) is 12.1 Å². The quantitative estimate of drug-likeness (QED) is 0.477. The topological polar surface area (TPSA) is 77.8 Å². The van der Waals surface area contributed by atoms with E-state index < -0.39 is 7.12 Å². The Kier molecular flexibility index (Phi) is 2.76. The smallest absolute Gasteiger partial charge is 0.423 e. The Labute approximate surface area is 92.4 Å². The van der Waals surface area contributed by atoms with Crippen molar-refractivity contribution in [3.05, 3.63) is 24.3 Å². The predicted octanol–water partition coefficient (Wildman–Crippen LogP) is -1.33. The van der Waals surface area contributed by atoms with Crippen molar-refractivity contribution >= 4 is 30.0 Å². The fraction of sp³-hybridized carbons (Fsp3) is 0.200. The van der Waals surface area contributed by atoms with E-state index in [0.717, 1.165) is 0 Å². The van der Waals surface area contributed by atoms with Crippen LogP contribution in [0.2, 0.25) is 0 Å². The minimum Gasteiger partial charge on any atom is -0.423 e. The van der Waals surface area contributed by atoms with E-state index in [1.807, 2.05) is 0 Å². The number of carbonyl (C=O) groups is 2. The van der Waals surface area contributed by atoms with Gasteiger partial charge in [0.05, 0.1) is 13.0 Å². The molecular weight excluding hydrogens is 209 g/mol. The lowest BCUT2D eigenvalue weighted by molar-refractivity contribution is -0.121. The molecule has 5 nitrogen and oxygen atoms in total. The summed E-state index contributed by atoms with van der Waals surface area (Å²) in [6.45, 7) is 0.0593. The summed E-state index contributed by atoms with van der Waals surface area (Å²) in [7, 11) is -1.58. The van der Waals surface area contributed by atoms with E-state index in [9.17, 15) is 9.59 Å². The Morgan fingerprint density at radius 3 is 2.56 bits per heavy atom. The lowest BCUT2D eigenvalue weighted by atomic mass is 9.80. The fourth-order valence-corrected chi connectivity index (χ4v) is 1.67. The molecule has 1 aliphatic heterocycles. The van der Waals surface area contributed by atoms with Crippen LogP contribution in [0.25, 0.3) is 0 Å². The number of Topliss-reactive ketones (excluding diaryl/α,β-unsaturated/α-hetero) is 1. The summed E-state index contributed by atoms with van der Waals surface area (Å²) >= 11 is 0. The molecular formula is C10H10BNO4. The number of nitrogens with zero attached hydrogens (tertiary/aromatic N) is 1. The van der Waals surface area contributed by atoms with Gasteiger partial charge < -0.3 is 14.9 Å². The molecule has 2 N–H and O–H groups in total. The third-order valence-corrected chi connectivity index (χ3v) is 2.46. The van der Waals surface area contributed by atoms with Crippen LogP contribution in [0.5, 0.6) is 0 Å². The van der Waals surface area contributed by atoms with Gasteiger partial charge in [0.2, 0.25) is 5.91 Å². The fourth-order valence-electron chi connectivity index (χ4n) is 1.67. The minimum absolute atomic E-state index is 0.0593. The van der Waals surface area contributed by atoms with Crippen LogP contribution in [-0.2, 0) is 9.59 Å². The van der Waals surface area contributed by atoms with Crippen molar-refractivity contribution < 1.29 is 19.6 Å². The van der Waals surface area contributed by atoms with Gasteiger partial charge in [0, 0.05) is 5.69 Å². The first-order valence-electron chi connectivity index (χ1n) is 4.86. The monoisotopic (exact) mass is 219 g/mol. The first-order valence-corrected chi connectivity index (χ1v) is 4.86. The van der Waals surface area contributed by atoms with Gasteiger partial charge in [-0.25, -0.2) is 0 Å². The Bertz CT molecular complexity index is 446. The molecule has 1 aliphatic rings. The van der Waals surface area contributed by atoms with Gasteiger partial charge in [0.25, 0.3) is 0 Å². The molecule has 1 fully saturated rings. The van der Waals surface area contributed by atoms with E-state index in [1.165, 1.54) is 17.0 Å². The van der Waals surface area contributed by atoms with Crippen LogP contribution >= 0.6 is 0 Å². The Hall–Kier alpha value is -1.66. The molecule has 0 aromatic heterocycles. The highest BCUT2D eigenvalue weighted by Crippen LogP contribution is 2.18. The molecule has 82 valence electrons. The van der Waals surface area contributed by atoms with Crippen molar-refractivity contribution in [1.82, 2.24) is 0 Å². The van der Waals surface area contributed by atoms with E-state index in [4.69, 9.17) is 10.0 Å². The van der Waals surface area contributed by atoms with E-state index in [-0.39, 0.29) is 24.7 Å². The van der Waals surface area contributed by atoms with Gasteiger partial charge in [-0.2, -0.15) is 0 Å². The third kappa shape index (κ3) is 1.98. The van der Waals surface area contributed by atoms with Crippen LogP contribution in [0.1, 0.15) is 6.42 Å². The number of carbonyl (C=O) groups excluding carboxylic acids is 2. The van der Waals surface area contributed by atoms with Crippen molar-refractivity contribution in [1.29, 1.82) is 0 Å². The Balaban J connectivity index is 2.30. The average Bonchev–Trinajstić information content (AvgIpc) is 2.58. The van der Waals surface area contributed by atoms with E-state index >= 15 is 0 Å². The lowest BCUT2D eigenvalue weighted by Crippen LogP contribution is -2.32. The third-order valence-electron chi connectivity index (χ3n) is 2.46. The molecule has 0 unspecified atom stereocenters. The van der Waals surface area contributed by atoms with E-state index in [0.29, 0.717) is 11.2 Å². The molecule has 1 aromatic rings. The molecule has 16 heavy (non-hydrogen) atoms. The van der Waals surface area contributed by atoms with Gasteiger partial charge in [0.1, 0.15) is 0 Å². The second-order valence-electron chi connectivity index (χ2n) is 3.66. The van der Waals surface area contributed by atoms with Crippen LogP contribution in [0.3, 0.4) is 0 Å². The maximum atomic E-state index is 11.4. The highest BCUT2D eigenvalue weighted by atomic mass is 16.4. The first kappa shape index (κ1) is 10.8. The van der Waals surface area contributed by atoms with Crippen LogP contribution in [0.15, 0.2) is 24.3 Å². The summed E-state index contributed by atoms with van der Waals surface area (Å²) in [6.07, 6.45) is -0.0775. The molecule has 1 amide bonds. The maximum absolute atomic E-state index is 11.4. The maximum Gasteiger partial charge on any atom is 0.488 e. The molecule has 1 heterocycles. The Morgan fingerprint density at radius 1 is 1.25 bits per heavy atom. The first-order chi connectivity index (χ1) is 7.58. The molecule has 0 saturated carbocycles. The molecule has 0 radical (unpaired) electrons. The number of hydrogen-bond acceptors (Lipinski definition) is 4. The SMILES string of the molecule is O=C1CC(=O)N(c2cccc(B(O)O)c2)C1. The van der Waals surface area contributed by atoms with Crippen molar-refractivity contribution in [2.75, 3.05) is 11.4 Å². The predicted molar refractivity (Wildman–Crippen MR) is 58.2 cm³/mol. The van der Waals surface area contributed by atoms with Crippen LogP contribution < -0.4 is 10.4 Å². The summed E-state index contributed by atoms with van der Waals surface area (Å²) in [5.41, 5.74) is 0.811. The molecule has 0 aliphatic carbocycles. The second-order valence-corrected chi connectivity index (χ2v) is 3.66. The van der Waals surface area contributed by atoms with E-state index in [2.05, 4.69) is 0 Å². The zero-order valence-corrected chi connectivity index (χ0v) is 8.46. The largest absolute Gasteiger partial charge is 0.488 e. The number of ketones is 1. The van der Waals surface area contributed by atoms with Crippen LogP contribution in [-0.4, -0.2) is 35.4 Å². The normalized spacial score (nSPS) is 15.8. The number of anilines is 1. The van der Waals surface area contributed by atoms with Crippen molar-refractivity contribution in [2.45, 2.75) is 6.42 Å². The molecule has 1 saturated heterocycles. The number of benzene rings is 1. The van der Waals surface area contributed by atoms with Crippen molar-refractivity contribution in [2.24, 2.45) is 0 Å². The molecule has 0 atom stereocenters. The second kappa shape index (κ2) is 4.07. The summed E-state index contributed by atoms with van der Waals surface area (Å²) in [6, 6.07) is 6.29. The minimum atomic E-state index is -1.58. The molecule has 0 bridgehead atoms. The van der Waals surface area contributed by atoms with Gasteiger partial charge in [-0.15, -0.1) is 0 Å². The van der Waals surface area contributed by atoms with Crippen LogP contribution in [0.4, 0.5) is 5.69 Å².